The number of amides is 5. The van der Waals surface area contributed by atoms with Crippen molar-refractivity contribution in [3.63, 3.8) is 0 Å². The molecule has 3 saturated heterocycles. The molecule has 2 atom stereocenters. The maximum atomic E-state index is 13.8. The molecule has 6 aliphatic rings. The molecule has 0 radical (unpaired) electrons. The molecule has 1 aliphatic carbocycles. The summed E-state index contributed by atoms with van der Waals surface area (Å²) >= 11 is 0. The molecule has 360 valence electrons. The number of benzene rings is 2. The van der Waals surface area contributed by atoms with Crippen molar-refractivity contribution in [3.05, 3.63) is 83.1 Å². The summed E-state index contributed by atoms with van der Waals surface area (Å²) in [5, 5.41) is 8.93. The number of piperidine rings is 2. The van der Waals surface area contributed by atoms with Crippen LogP contribution in [-0.4, -0.2) is 150 Å². The molecule has 3 aromatic rings. The van der Waals surface area contributed by atoms with Gasteiger partial charge in [-0.2, -0.15) is 4.98 Å². The third-order valence-corrected chi connectivity index (χ3v) is 14.3. The normalized spacial score (nSPS) is 21.3. The number of piperazine rings is 1. The second-order valence-corrected chi connectivity index (χ2v) is 18.6. The summed E-state index contributed by atoms with van der Waals surface area (Å²) in [6.45, 7) is 10.2. The number of imide groups is 1. The van der Waals surface area contributed by atoms with E-state index in [2.05, 4.69) is 30.7 Å². The third-order valence-electron chi connectivity index (χ3n) is 14.3. The summed E-state index contributed by atoms with van der Waals surface area (Å²) in [5.74, 6) is 0.406. The smallest absolute Gasteiger partial charge is 0.260 e. The maximum absolute atomic E-state index is 13.8. The standard InChI is InChI=1S/C51H64N10O7/c1-3-67-44-31-34(17-18-40(44)54-51-52-32-42-46(56-51)53-39-15-9-8-13-37(39)49(65)57(42)2)48(64)60-24-21-35(22-25-60)59-28-26-58(27-29-59)23-10-6-4-5-7-11-30-68-43-16-12-14-36-38(43)33-61(50(36)66)41-19-20-45(62)55-47(41)63/h8-9,12-15,17-18,31-32,35,41,43H,3-7,10-11,16,19-30,33H2,1-2H3,(H,55,62,63)(H2,52,53,54,56). The molecule has 3 fully saturated rings. The Hall–Kier alpha value is -6.17. The number of fused-ring (bicyclic) bond motifs is 2. The van der Waals surface area contributed by atoms with E-state index in [0.717, 1.165) is 83.5 Å². The molecule has 2 aromatic carbocycles. The van der Waals surface area contributed by atoms with Gasteiger partial charge in [-0.3, -0.25) is 34.2 Å². The van der Waals surface area contributed by atoms with Crippen LogP contribution in [0.3, 0.4) is 0 Å². The molecule has 2 unspecified atom stereocenters. The first-order valence-corrected chi connectivity index (χ1v) is 24.6. The van der Waals surface area contributed by atoms with E-state index in [-0.39, 0.29) is 42.1 Å². The van der Waals surface area contributed by atoms with Crippen LogP contribution in [0, 0.1) is 0 Å². The second-order valence-electron chi connectivity index (χ2n) is 18.6. The van der Waals surface area contributed by atoms with Gasteiger partial charge in [0, 0.05) is 83.1 Å². The lowest BCUT2D eigenvalue weighted by Crippen LogP contribution is -2.53. The lowest BCUT2D eigenvalue weighted by atomic mass is 9.97. The molecule has 5 aliphatic heterocycles. The van der Waals surface area contributed by atoms with Gasteiger partial charge in [-0.25, -0.2) is 4.98 Å². The van der Waals surface area contributed by atoms with Gasteiger partial charge < -0.3 is 39.7 Å². The first-order valence-electron chi connectivity index (χ1n) is 24.6. The molecule has 17 nitrogen and oxygen atoms in total. The Balaban J connectivity index is 0.652. The van der Waals surface area contributed by atoms with Gasteiger partial charge in [-0.05, 0) is 87.9 Å². The van der Waals surface area contributed by atoms with Crippen molar-refractivity contribution in [2.75, 3.05) is 88.2 Å². The van der Waals surface area contributed by atoms with Gasteiger partial charge in [-0.1, -0.05) is 50.0 Å². The van der Waals surface area contributed by atoms with Crippen LogP contribution in [0.25, 0.3) is 0 Å². The number of unbranched alkanes of at least 4 members (excludes halogenated alkanes) is 5. The molecule has 17 heteroatoms. The van der Waals surface area contributed by atoms with Crippen molar-refractivity contribution in [3.8, 4) is 5.75 Å². The Bertz CT molecular complexity index is 2440. The molecule has 6 heterocycles. The van der Waals surface area contributed by atoms with Crippen molar-refractivity contribution in [1.29, 1.82) is 0 Å². The second kappa shape index (κ2) is 21.4. The number of carbonyl (C=O) groups is 5. The number of hydrogen-bond acceptors (Lipinski definition) is 13. The number of hydrogen-bond donors (Lipinski definition) is 3. The SMILES string of the molecule is CCOc1cc(C(=O)N2CCC(N3CCN(CCCCCCCCOC4CC=CC5=C4CN(C4CCC(=O)NC4=O)C5=O)CC3)CC2)ccc1Nc1ncc2c(n1)Nc1ccccc1C(=O)N2C. The fourth-order valence-corrected chi connectivity index (χ4v) is 10.4. The lowest BCUT2D eigenvalue weighted by Gasteiger charge is -2.42. The van der Waals surface area contributed by atoms with Crippen molar-refractivity contribution in [1.82, 2.24) is 34.9 Å². The van der Waals surface area contributed by atoms with Crippen LogP contribution in [-0.2, 0) is 19.1 Å². The first kappa shape index (κ1) is 46.9. The van der Waals surface area contributed by atoms with Gasteiger partial charge in [0.05, 0.1) is 35.8 Å². The summed E-state index contributed by atoms with van der Waals surface area (Å²) in [5.41, 5.74) is 4.60. The Morgan fingerprint density at radius 1 is 0.882 bits per heavy atom. The van der Waals surface area contributed by atoms with E-state index >= 15 is 0 Å². The highest BCUT2D eigenvalue weighted by Gasteiger charge is 2.42. The summed E-state index contributed by atoms with van der Waals surface area (Å²) in [4.78, 5) is 83.7. The van der Waals surface area contributed by atoms with Crippen LogP contribution >= 0.6 is 0 Å². The highest BCUT2D eigenvalue weighted by atomic mass is 16.5. The Morgan fingerprint density at radius 2 is 1.66 bits per heavy atom. The molecular weight excluding hydrogens is 865 g/mol. The zero-order valence-corrected chi connectivity index (χ0v) is 39.3. The number of nitrogens with one attached hydrogen (secondary N) is 3. The quantitative estimate of drug-likeness (QED) is 0.109. The number of likely N-dealkylation sites (tertiary alicyclic amines) is 1. The van der Waals surface area contributed by atoms with Gasteiger partial charge in [-0.15, -0.1) is 0 Å². The molecule has 1 aromatic heterocycles. The Morgan fingerprint density at radius 3 is 2.46 bits per heavy atom. The number of para-hydroxylation sites is 1. The number of ether oxygens (including phenoxy) is 2. The minimum Gasteiger partial charge on any atom is -0.492 e. The van der Waals surface area contributed by atoms with Gasteiger partial charge in [0.25, 0.3) is 17.7 Å². The van der Waals surface area contributed by atoms with E-state index in [1.54, 1.807) is 30.3 Å². The Labute approximate surface area is 398 Å². The summed E-state index contributed by atoms with van der Waals surface area (Å²) in [7, 11) is 1.71. The van der Waals surface area contributed by atoms with Crippen LogP contribution in [0.1, 0.15) is 98.3 Å². The van der Waals surface area contributed by atoms with E-state index < -0.39 is 6.04 Å². The summed E-state index contributed by atoms with van der Waals surface area (Å²) in [6, 6.07) is 12.7. The van der Waals surface area contributed by atoms with Crippen LogP contribution in [0.4, 0.5) is 28.8 Å². The van der Waals surface area contributed by atoms with Gasteiger partial charge in [0.15, 0.2) is 5.82 Å². The minimum atomic E-state index is -0.606. The molecule has 68 heavy (non-hydrogen) atoms. The number of nitrogens with zero attached hydrogens (tertiary/aromatic N) is 7. The maximum Gasteiger partial charge on any atom is 0.260 e. The molecule has 5 amide bonds. The molecule has 0 spiro atoms. The highest BCUT2D eigenvalue weighted by Crippen LogP contribution is 2.36. The van der Waals surface area contributed by atoms with E-state index in [0.29, 0.717) is 83.5 Å². The third kappa shape index (κ3) is 10.4. The summed E-state index contributed by atoms with van der Waals surface area (Å²) in [6.07, 6.45) is 15.5. The monoisotopic (exact) mass is 928 g/mol. The fraction of sp³-hybridized carbons (Fsp3) is 0.510. The van der Waals surface area contributed by atoms with E-state index in [1.807, 2.05) is 54.3 Å². The van der Waals surface area contributed by atoms with Crippen molar-refractivity contribution >= 4 is 58.4 Å². The predicted octanol–water partition coefficient (Wildman–Crippen LogP) is 5.80. The summed E-state index contributed by atoms with van der Waals surface area (Å²) < 4.78 is 12.3. The van der Waals surface area contributed by atoms with E-state index in [1.165, 1.54) is 30.6 Å². The van der Waals surface area contributed by atoms with Gasteiger partial charge in [0.1, 0.15) is 17.5 Å². The van der Waals surface area contributed by atoms with Crippen LogP contribution in [0.2, 0.25) is 0 Å². The first-order chi connectivity index (χ1) is 33.1. The topological polar surface area (TPSA) is 182 Å². The number of carbonyl (C=O) groups excluding carboxylic acids is 5. The van der Waals surface area contributed by atoms with Crippen molar-refractivity contribution in [2.45, 2.75) is 95.7 Å². The average molecular weight is 929 g/mol. The van der Waals surface area contributed by atoms with Crippen LogP contribution < -0.4 is 25.6 Å². The lowest BCUT2D eigenvalue weighted by molar-refractivity contribution is -0.142. The van der Waals surface area contributed by atoms with Gasteiger partial charge in [0.2, 0.25) is 17.8 Å². The minimum absolute atomic E-state index is 0.00343. The molecule has 3 N–H and O–H groups in total. The van der Waals surface area contributed by atoms with Gasteiger partial charge >= 0.3 is 0 Å². The van der Waals surface area contributed by atoms with Crippen LogP contribution in [0.15, 0.2) is 72.0 Å². The average Bonchev–Trinajstić information content (AvgIpc) is 3.64. The Kier molecular flexibility index (Phi) is 14.8. The van der Waals surface area contributed by atoms with Crippen molar-refractivity contribution in [2.24, 2.45) is 0 Å². The van der Waals surface area contributed by atoms with Crippen LogP contribution in [0.5, 0.6) is 5.75 Å². The fourth-order valence-electron chi connectivity index (χ4n) is 10.4. The molecular formula is C51H64N10O7. The van der Waals surface area contributed by atoms with E-state index in [9.17, 15) is 24.0 Å². The largest absolute Gasteiger partial charge is 0.492 e. The molecule has 0 saturated carbocycles. The van der Waals surface area contributed by atoms with E-state index in [4.69, 9.17) is 14.5 Å². The zero-order valence-electron chi connectivity index (χ0n) is 39.3. The number of rotatable bonds is 17. The predicted molar refractivity (Wildman–Crippen MR) is 258 cm³/mol. The number of anilines is 5. The number of aromatic nitrogens is 2. The highest BCUT2D eigenvalue weighted by molar-refractivity contribution is 6.13. The van der Waals surface area contributed by atoms with Crippen molar-refractivity contribution < 1.29 is 33.4 Å². The molecule has 9 rings (SSSR count). The molecule has 0 bridgehead atoms. The zero-order chi connectivity index (χ0) is 47.1.